The number of hydrogen-bond acceptors (Lipinski definition) is 5. The molecule has 0 saturated carbocycles. The Morgan fingerprint density at radius 1 is 1.03 bits per heavy atom. The van der Waals surface area contributed by atoms with Crippen LogP contribution in [0.5, 0.6) is 5.75 Å². The molecule has 3 amide bonds. The van der Waals surface area contributed by atoms with Gasteiger partial charge in [0.2, 0.25) is 0 Å². The topological polar surface area (TPSA) is 75.7 Å². The number of imide groups is 1. The SMILES string of the molecule is CCOc1ccc(CN2C(=O)c3ccccc3C2=O)cc1C(=O)NCc1cccs1. The van der Waals surface area contributed by atoms with E-state index in [9.17, 15) is 14.4 Å². The van der Waals surface area contributed by atoms with Crippen LogP contribution < -0.4 is 10.1 Å². The monoisotopic (exact) mass is 420 g/mol. The number of ether oxygens (including phenoxy) is 1. The van der Waals surface area contributed by atoms with Crippen molar-refractivity contribution in [3.63, 3.8) is 0 Å². The fourth-order valence-electron chi connectivity index (χ4n) is 3.38. The van der Waals surface area contributed by atoms with Gasteiger partial charge < -0.3 is 10.1 Å². The van der Waals surface area contributed by atoms with Crippen molar-refractivity contribution in [1.29, 1.82) is 0 Å². The fraction of sp³-hybridized carbons (Fsp3) is 0.174. The van der Waals surface area contributed by atoms with Crippen LogP contribution in [-0.4, -0.2) is 29.2 Å². The molecule has 0 fully saturated rings. The fourth-order valence-corrected chi connectivity index (χ4v) is 4.02. The molecule has 1 N–H and O–H groups in total. The predicted octanol–water partition coefficient (Wildman–Crippen LogP) is 3.87. The zero-order valence-corrected chi connectivity index (χ0v) is 17.2. The predicted molar refractivity (Wildman–Crippen MR) is 114 cm³/mol. The molecule has 6 nitrogen and oxygen atoms in total. The van der Waals surface area contributed by atoms with Gasteiger partial charge in [-0.3, -0.25) is 19.3 Å². The maximum atomic E-state index is 12.8. The average molecular weight is 420 g/mol. The van der Waals surface area contributed by atoms with Gasteiger partial charge in [0.15, 0.2) is 0 Å². The molecule has 0 atom stereocenters. The Balaban J connectivity index is 1.56. The van der Waals surface area contributed by atoms with Crippen LogP contribution in [-0.2, 0) is 13.1 Å². The number of nitrogens with zero attached hydrogens (tertiary/aromatic N) is 1. The Morgan fingerprint density at radius 3 is 2.40 bits per heavy atom. The molecule has 0 saturated heterocycles. The van der Waals surface area contributed by atoms with Crippen molar-refractivity contribution in [1.82, 2.24) is 10.2 Å². The van der Waals surface area contributed by atoms with Crippen molar-refractivity contribution in [2.45, 2.75) is 20.0 Å². The molecule has 152 valence electrons. The Morgan fingerprint density at radius 2 is 1.77 bits per heavy atom. The summed E-state index contributed by atoms with van der Waals surface area (Å²) in [5, 5.41) is 4.85. The molecule has 1 aromatic heterocycles. The molecular weight excluding hydrogens is 400 g/mol. The molecule has 7 heteroatoms. The number of amides is 3. The van der Waals surface area contributed by atoms with Gasteiger partial charge in [-0.2, -0.15) is 0 Å². The van der Waals surface area contributed by atoms with Gasteiger partial charge in [0.1, 0.15) is 5.75 Å². The Labute approximate surface area is 178 Å². The third-order valence-corrected chi connectivity index (χ3v) is 5.69. The van der Waals surface area contributed by atoms with E-state index in [0.717, 1.165) is 4.88 Å². The van der Waals surface area contributed by atoms with E-state index >= 15 is 0 Å². The lowest BCUT2D eigenvalue weighted by atomic mass is 10.1. The highest BCUT2D eigenvalue weighted by molar-refractivity contribution is 7.09. The minimum Gasteiger partial charge on any atom is -0.493 e. The zero-order chi connectivity index (χ0) is 21.1. The molecule has 2 aromatic carbocycles. The summed E-state index contributed by atoms with van der Waals surface area (Å²) in [6.07, 6.45) is 0. The van der Waals surface area contributed by atoms with Gasteiger partial charge in [0, 0.05) is 4.88 Å². The van der Waals surface area contributed by atoms with E-state index in [-0.39, 0.29) is 24.3 Å². The van der Waals surface area contributed by atoms with Gasteiger partial charge in [-0.05, 0) is 48.2 Å². The molecule has 4 rings (SSSR count). The molecule has 3 aromatic rings. The van der Waals surface area contributed by atoms with E-state index in [1.165, 1.54) is 4.90 Å². The normalized spacial score (nSPS) is 12.8. The molecule has 0 radical (unpaired) electrons. The number of carbonyl (C=O) groups is 3. The highest BCUT2D eigenvalue weighted by Crippen LogP contribution is 2.26. The lowest BCUT2D eigenvalue weighted by Gasteiger charge is -2.16. The second-order valence-corrected chi connectivity index (χ2v) is 7.80. The number of carbonyl (C=O) groups excluding carboxylic acids is 3. The van der Waals surface area contributed by atoms with Crippen molar-refractivity contribution in [3.8, 4) is 5.75 Å². The third kappa shape index (κ3) is 3.84. The first-order valence-corrected chi connectivity index (χ1v) is 10.5. The lowest BCUT2D eigenvalue weighted by Crippen LogP contribution is -2.29. The molecule has 0 aliphatic carbocycles. The minimum absolute atomic E-state index is 0.0873. The van der Waals surface area contributed by atoms with Gasteiger partial charge >= 0.3 is 0 Å². The van der Waals surface area contributed by atoms with Crippen LogP contribution in [0.3, 0.4) is 0 Å². The number of hydrogen-bond donors (Lipinski definition) is 1. The third-order valence-electron chi connectivity index (χ3n) is 4.81. The van der Waals surface area contributed by atoms with E-state index in [4.69, 9.17) is 4.74 Å². The van der Waals surface area contributed by atoms with Gasteiger partial charge in [0.05, 0.1) is 36.4 Å². The number of nitrogens with one attached hydrogen (secondary N) is 1. The summed E-state index contributed by atoms with van der Waals surface area (Å²) in [4.78, 5) is 40.3. The Hall–Kier alpha value is -3.45. The van der Waals surface area contributed by atoms with Crippen molar-refractivity contribution < 1.29 is 19.1 Å². The zero-order valence-electron chi connectivity index (χ0n) is 16.4. The smallest absolute Gasteiger partial charge is 0.261 e. The van der Waals surface area contributed by atoms with Crippen molar-refractivity contribution in [3.05, 3.63) is 87.1 Å². The molecule has 1 aliphatic heterocycles. The van der Waals surface area contributed by atoms with Gasteiger partial charge in [-0.25, -0.2) is 0 Å². The molecule has 1 aliphatic rings. The van der Waals surface area contributed by atoms with E-state index in [2.05, 4.69) is 5.32 Å². The summed E-state index contributed by atoms with van der Waals surface area (Å²) < 4.78 is 5.61. The first-order valence-electron chi connectivity index (χ1n) is 9.60. The van der Waals surface area contributed by atoms with Crippen molar-refractivity contribution >= 4 is 29.1 Å². The second kappa shape index (κ2) is 8.51. The highest BCUT2D eigenvalue weighted by atomic mass is 32.1. The van der Waals surface area contributed by atoms with Crippen LogP contribution in [0.1, 0.15) is 48.4 Å². The largest absolute Gasteiger partial charge is 0.493 e. The molecular formula is C23H20N2O4S. The summed E-state index contributed by atoms with van der Waals surface area (Å²) in [5.41, 5.74) is 1.86. The number of benzene rings is 2. The summed E-state index contributed by atoms with van der Waals surface area (Å²) in [6.45, 7) is 2.78. The highest BCUT2D eigenvalue weighted by Gasteiger charge is 2.35. The van der Waals surface area contributed by atoms with Gasteiger partial charge in [-0.15, -0.1) is 11.3 Å². The van der Waals surface area contributed by atoms with Crippen LogP contribution in [0.15, 0.2) is 60.0 Å². The van der Waals surface area contributed by atoms with Gasteiger partial charge in [0.25, 0.3) is 17.7 Å². The van der Waals surface area contributed by atoms with Gasteiger partial charge in [-0.1, -0.05) is 24.3 Å². The van der Waals surface area contributed by atoms with E-state index < -0.39 is 0 Å². The molecule has 2 heterocycles. The number of fused-ring (bicyclic) bond motifs is 1. The molecule has 0 unspecified atom stereocenters. The van der Waals surface area contributed by atoms with Crippen LogP contribution in [0.2, 0.25) is 0 Å². The molecule has 0 spiro atoms. The summed E-state index contributed by atoms with van der Waals surface area (Å²) >= 11 is 1.57. The minimum atomic E-state index is -0.326. The van der Waals surface area contributed by atoms with Crippen LogP contribution >= 0.6 is 11.3 Å². The Bertz CT molecular complexity index is 1070. The quantitative estimate of drug-likeness (QED) is 0.589. The first-order chi connectivity index (χ1) is 14.6. The van der Waals surface area contributed by atoms with E-state index in [1.54, 1.807) is 53.8 Å². The first kappa shape index (κ1) is 19.8. The van der Waals surface area contributed by atoms with E-state index in [0.29, 0.717) is 41.2 Å². The maximum Gasteiger partial charge on any atom is 0.261 e. The average Bonchev–Trinajstić information content (AvgIpc) is 3.36. The lowest BCUT2D eigenvalue weighted by molar-refractivity contribution is 0.0642. The summed E-state index contributed by atoms with van der Waals surface area (Å²) in [5.74, 6) is -0.454. The van der Waals surface area contributed by atoms with Crippen LogP contribution in [0.25, 0.3) is 0 Å². The van der Waals surface area contributed by atoms with Crippen LogP contribution in [0.4, 0.5) is 0 Å². The van der Waals surface area contributed by atoms with Crippen molar-refractivity contribution in [2.75, 3.05) is 6.61 Å². The van der Waals surface area contributed by atoms with Crippen LogP contribution in [0, 0.1) is 0 Å². The summed E-state index contributed by atoms with van der Waals surface area (Å²) in [7, 11) is 0. The number of thiophene rings is 1. The second-order valence-electron chi connectivity index (χ2n) is 6.77. The maximum absolute atomic E-state index is 12.8. The molecule has 0 bridgehead atoms. The standard InChI is InChI=1S/C23H20N2O4S/c1-2-29-20-10-9-15(12-19(20)21(26)24-13-16-6-5-11-30-16)14-25-22(27)17-7-3-4-8-18(17)23(25)28/h3-12H,2,13-14H2,1H3,(H,24,26). The summed E-state index contributed by atoms with van der Waals surface area (Å²) in [6, 6.07) is 15.8. The van der Waals surface area contributed by atoms with E-state index in [1.807, 2.05) is 24.4 Å². The Kier molecular flexibility index (Phi) is 5.63. The molecule has 30 heavy (non-hydrogen) atoms. The van der Waals surface area contributed by atoms with Crippen molar-refractivity contribution in [2.24, 2.45) is 0 Å². The number of rotatable bonds is 7.